The Hall–Kier alpha value is -2.98. The largest absolute Gasteiger partial charge is 0.331 e. The highest BCUT2D eigenvalue weighted by atomic mass is 32.1. The number of nitrogens with zero attached hydrogens (tertiary/aromatic N) is 3. The molecule has 0 radical (unpaired) electrons. The van der Waals surface area contributed by atoms with Gasteiger partial charge >= 0.3 is 0 Å². The second-order valence-electron chi connectivity index (χ2n) is 4.21. The highest BCUT2D eigenvalue weighted by Gasteiger charge is 2.14. The van der Waals surface area contributed by atoms with E-state index < -0.39 is 4.92 Å². The number of rotatable bonds is 3. The molecule has 1 heterocycles. The van der Waals surface area contributed by atoms with Gasteiger partial charge < -0.3 is 5.32 Å². The Morgan fingerprint density at radius 1 is 1.29 bits per heavy atom. The van der Waals surface area contributed by atoms with Crippen LogP contribution in [0.2, 0.25) is 0 Å². The van der Waals surface area contributed by atoms with Crippen LogP contribution in [0.4, 0.5) is 16.5 Å². The number of benzene rings is 2. The number of aromatic nitrogens is 1. The molecule has 1 N–H and O–H groups in total. The van der Waals surface area contributed by atoms with E-state index in [-0.39, 0.29) is 11.3 Å². The lowest BCUT2D eigenvalue weighted by Crippen LogP contribution is -1.95. The molecule has 0 aliphatic carbocycles. The molecule has 0 saturated carbocycles. The van der Waals surface area contributed by atoms with E-state index in [9.17, 15) is 10.1 Å². The zero-order valence-electron chi connectivity index (χ0n) is 10.6. The van der Waals surface area contributed by atoms with Crippen LogP contribution in [0.3, 0.4) is 0 Å². The number of anilines is 2. The maximum atomic E-state index is 10.8. The molecule has 0 aliphatic heterocycles. The van der Waals surface area contributed by atoms with Crippen LogP contribution < -0.4 is 5.32 Å². The molecule has 6 nitrogen and oxygen atoms in total. The third-order valence-electron chi connectivity index (χ3n) is 2.86. The van der Waals surface area contributed by atoms with Crippen molar-refractivity contribution >= 4 is 38.1 Å². The van der Waals surface area contributed by atoms with Gasteiger partial charge in [0.2, 0.25) is 0 Å². The minimum Gasteiger partial charge on any atom is -0.331 e. The van der Waals surface area contributed by atoms with Crippen LogP contribution in [0.15, 0.2) is 42.5 Å². The lowest BCUT2D eigenvalue weighted by atomic mass is 10.2. The molecule has 0 fully saturated rings. The quantitative estimate of drug-likeness (QED) is 0.586. The van der Waals surface area contributed by atoms with E-state index in [1.807, 2.05) is 30.3 Å². The molecule has 1 aromatic heterocycles. The molecule has 2 aromatic carbocycles. The summed E-state index contributed by atoms with van der Waals surface area (Å²) >= 11 is 1.48. The predicted octanol–water partition coefficient (Wildman–Crippen LogP) is 3.82. The normalized spacial score (nSPS) is 10.2. The van der Waals surface area contributed by atoms with Gasteiger partial charge in [-0.1, -0.05) is 23.5 Å². The lowest BCUT2D eigenvalue weighted by Gasteiger charge is -2.02. The Labute approximate surface area is 123 Å². The maximum Gasteiger partial charge on any atom is 0.287 e. The Balaban J connectivity index is 1.94. The van der Waals surface area contributed by atoms with Crippen LogP contribution in [0.25, 0.3) is 10.2 Å². The number of thiazole rings is 1. The zero-order valence-corrected chi connectivity index (χ0v) is 11.4. The summed E-state index contributed by atoms with van der Waals surface area (Å²) in [4.78, 5) is 14.6. The van der Waals surface area contributed by atoms with Crippen LogP contribution in [0, 0.1) is 21.4 Å². The molecule has 3 rings (SSSR count). The van der Waals surface area contributed by atoms with E-state index in [2.05, 4.69) is 10.3 Å². The number of nitrogens with one attached hydrogen (secondary N) is 1. The fourth-order valence-corrected chi connectivity index (χ4v) is 2.80. The average molecular weight is 296 g/mol. The van der Waals surface area contributed by atoms with Crippen molar-refractivity contribution in [3.05, 3.63) is 58.1 Å². The van der Waals surface area contributed by atoms with Crippen molar-refractivity contribution in [2.45, 2.75) is 0 Å². The molecule has 0 aliphatic rings. The average Bonchev–Trinajstić information content (AvgIpc) is 2.88. The molecular formula is C14H8N4O2S. The van der Waals surface area contributed by atoms with E-state index in [0.717, 1.165) is 10.2 Å². The highest BCUT2D eigenvalue weighted by molar-refractivity contribution is 7.22. The SMILES string of the molecule is N#Cc1cc(Nc2nc3ccccc3s2)ccc1[N+](=O)[O-]. The fraction of sp³-hybridized carbons (Fsp3) is 0. The highest BCUT2D eigenvalue weighted by Crippen LogP contribution is 2.29. The van der Waals surface area contributed by atoms with Crippen molar-refractivity contribution in [2.75, 3.05) is 5.32 Å². The van der Waals surface area contributed by atoms with Crippen molar-refractivity contribution < 1.29 is 4.92 Å². The minimum absolute atomic E-state index is 0.0195. The molecule has 0 unspecified atom stereocenters. The summed E-state index contributed by atoms with van der Waals surface area (Å²) in [5, 5.41) is 23.5. The first-order valence-corrected chi connectivity index (χ1v) is 6.80. The van der Waals surface area contributed by atoms with Gasteiger partial charge in [0.05, 0.1) is 15.1 Å². The molecule has 0 amide bonds. The van der Waals surface area contributed by atoms with Crippen LogP contribution >= 0.6 is 11.3 Å². The van der Waals surface area contributed by atoms with Gasteiger partial charge in [-0.15, -0.1) is 0 Å². The number of hydrogen-bond acceptors (Lipinski definition) is 6. The summed E-state index contributed by atoms with van der Waals surface area (Å²) in [5.74, 6) is 0. The molecule has 0 saturated heterocycles. The molecule has 21 heavy (non-hydrogen) atoms. The van der Waals surface area contributed by atoms with Gasteiger partial charge in [-0.2, -0.15) is 5.26 Å². The summed E-state index contributed by atoms with van der Waals surface area (Å²) in [6, 6.07) is 13.9. The van der Waals surface area contributed by atoms with E-state index in [0.29, 0.717) is 10.8 Å². The summed E-state index contributed by atoms with van der Waals surface area (Å²) in [7, 11) is 0. The fourth-order valence-electron chi connectivity index (χ4n) is 1.91. The molecular weight excluding hydrogens is 288 g/mol. The van der Waals surface area contributed by atoms with Gasteiger partial charge in [-0.3, -0.25) is 10.1 Å². The zero-order chi connectivity index (χ0) is 14.8. The number of para-hydroxylation sites is 1. The number of nitriles is 1. The second kappa shape index (κ2) is 5.19. The third kappa shape index (κ3) is 2.52. The molecule has 0 atom stereocenters. The summed E-state index contributed by atoms with van der Waals surface area (Å²) in [5.41, 5.74) is 1.29. The first-order chi connectivity index (χ1) is 10.2. The Kier molecular flexibility index (Phi) is 3.22. The number of hydrogen-bond donors (Lipinski definition) is 1. The lowest BCUT2D eigenvalue weighted by molar-refractivity contribution is -0.385. The maximum absolute atomic E-state index is 10.8. The van der Waals surface area contributed by atoms with Crippen molar-refractivity contribution in [3.8, 4) is 6.07 Å². The van der Waals surface area contributed by atoms with Gasteiger partial charge in [0.15, 0.2) is 5.13 Å². The number of fused-ring (bicyclic) bond motifs is 1. The van der Waals surface area contributed by atoms with Crippen LogP contribution in [-0.2, 0) is 0 Å². The standard InChI is InChI=1S/C14H8N4O2S/c15-8-9-7-10(5-6-12(9)18(19)20)16-14-17-11-3-1-2-4-13(11)21-14/h1-7H,(H,16,17). The van der Waals surface area contributed by atoms with Crippen molar-refractivity contribution in [2.24, 2.45) is 0 Å². The van der Waals surface area contributed by atoms with Gasteiger partial charge in [0.1, 0.15) is 11.6 Å². The summed E-state index contributed by atoms with van der Waals surface area (Å²) in [6.07, 6.45) is 0. The van der Waals surface area contributed by atoms with Crippen LogP contribution in [0.5, 0.6) is 0 Å². The second-order valence-corrected chi connectivity index (χ2v) is 5.24. The van der Waals surface area contributed by atoms with Gasteiger partial charge in [-0.25, -0.2) is 4.98 Å². The van der Waals surface area contributed by atoms with Crippen LogP contribution in [0.1, 0.15) is 5.56 Å². The molecule has 0 bridgehead atoms. The topological polar surface area (TPSA) is 91.8 Å². The van der Waals surface area contributed by atoms with E-state index in [1.54, 1.807) is 6.07 Å². The van der Waals surface area contributed by atoms with E-state index in [1.165, 1.54) is 23.5 Å². The Morgan fingerprint density at radius 3 is 2.81 bits per heavy atom. The first-order valence-electron chi connectivity index (χ1n) is 5.98. The van der Waals surface area contributed by atoms with Gasteiger partial charge in [0.25, 0.3) is 5.69 Å². The van der Waals surface area contributed by atoms with Crippen molar-refractivity contribution in [1.82, 2.24) is 4.98 Å². The first kappa shape index (κ1) is 13.0. The third-order valence-corrected chi connectivity index (χ3v) is 3.81. The van der Waals surface area contributed by atoms with Gasteiger partial charge in [0, 0.05) is 11.8 Å². The van der Waals surface area contributed by atoms with Crippen LogP contribution in [-0.4, -0.2) is 9.91 Å². The Bertz CT molecular complexity index is 849. The number of nitro groups is 1. The van der Waals surface area contributed by atoms with E-state index in [4.69, 9.17) is 5.26 Å². The smallest absolute Gasteiger partial charge is 0.287 e. The molecule has 3 aromatic rings. The van der Waals surface area contributed by atoms with E-state index >= 15 is 0 Å². The van der Waals surface area contributed by atoms with Crippen molar-refractivity contribution in [3.63, 3.8) is 0 Å². The summed E-state index contributed by atoms with van der Waals surface area (Å²) in [6.45, 7) is 0. The molecule has 0 spiro atoms. The molecule has 7 heteroatoms. The predicted molar refractivity (Wildman–Crippen MR) is 80.7 cm³/mol. The number of nitro benzene ring substituents is 1. The Morgan fingerprint density at radius 2 is 2.10 bits per heavy atom. The molecule has 102 valence electrons. The van der Waals surface area contributed by atoms with Crippen molar-refractivity contribution in [1.29, 1.82) is 5.26 Å². The minimum atomic E-state index is -0.569. The summed E-state index contributed by atoms with van der Waals surface area (Å²) < 4.78 is 1.04. The van der Waals surface area contributed by atoms with Gasteiger partial charge in [-0.05, 0) is 24.3 Å². The monoisotopic (exact) mass is 296 g/mol.